The van der Waals surface area contributed by atoms with Crippen LogP contribution in [0.25, 0.3) is 0 Å². The monoisotopic (exact) mass is 276 g/mol. The molecule has 0 spiro atoms. The molecule has 0 aliphatic heterocycles. The fraction of sp³-hybridized carbons (Fsp3) is 0.286. The summed E-state index contributed by atoms with van der Waals surface area (Å²) in [7, 11) is 1.55. The zero-order chi connectivity index (χ0) is 13.8. The van der Waals surface area contributed by atoms with Gasteiger partial charge in [0.15, 0.2) is 11.4 Å². The van der Waals surface area contributed by atoms with E-state index in [0.717, 1.165) is 4.90 Å². The number of ketones is 1. The van der Waals surface area contributed by atoms with E-state index in [0.29, 0.717) is 23.6 Å². The summed E-state index contributed by atoms with van der Waals surface area (Å²) in [5.41, 5.74) is 1.15. The number of hydrogen-bond donors (Lipinski definition) is 0. The third-order valence-corrected chi connectivity index (χ3v) is 3.64. The van der Waals surface area contributed by atoms with Crippen LogP contribution < -0.4 is 4.74 Å². The zero-order valence-electron chi connectivity index (χ0n) is 11.2. The van der Waals surface area contributed by atoms with E-state index < -0.39 is 0 Å². The quantitative estimate of drug-likeness (QED) is 0.622. The second kappa shape index (κ2) is 5.93. The van der Waals surface area contributed by atoms with Gasteiger partial charge in [-0.25, -0.2) is 0 Å². The van der Waals surface area contributed by atoms with Crippen molar-refractivity contribution in [1.82, 2.24) is 9.78 Å². The highest BCUT2D eigenvalue weighted by Gasteiger charge is 2.20. The van der Waals surface area contributed by atoms with Crippen molar-refractivity contribution in [3.8, 4) is 5.75 Å². The molecule has 0 bridgehead atoms. The molecule has 0 atom stereocenters. The lowest BCUT2D eigenvalue weighted by atomic mass is 10.1. The van der Waals surface area contributed by atoms with Crippen LogP contribution in [0.4, 0.5) is 0 Å². The van der Waals surface area contributed by atoms with Crippen LogP contribution >= 0.6 is 11.8 Å². The van der Waals surface area contributed by atoms with Crippen LogP contribution in [0.15, 0.2) is 35.4 Å². The summed E-state index contributed by atoms with van der Waals surface area (Å²) in [5.74, 6) is 0.449. The first kappa shape index (κ1) is 13.7. The van der Waals surface area contributed by atoms with E-state index in [1.165, 1.54) is 0 Å². The highest BCUT2D eigenvalue weighted by molar-refractivity contribution is 7.98. The van der Waals surface area contributed by atoms with E-state index in [4.69, 9.17) is 4.74 Å². The highest BCUT2D eigenvalue weighted by atomic mass is 32.2. The van der Waals surface area contributed by atoms with Gasteiger partial charge in [-0.2, -0.15) is 5.10 Å². The number of hydrogen-bond acceptors (Lipinski definition) is 4. The van der Waals surface area contributed by atoms with E-state index in [2.05, 4.69) is 5.10 Å². The molecule has 5 heteroatoms. The Hall–Kier alpha value is -1.75. The fourth-order valence-electron chi connectivity index (χ4n) is 1.87. The van der Waals surface area contributed by atoms with E-state index >= 15 is 0 Å². The molecule has 4 nitrogen and oxygen atoms in total. The summed E-state index contributed by atoms with van der Waals surface area (Å²) < 4.78 is 6.86. The maximum absolute atomic E-state index is 12.5. The average Bonchev–Trinajstić information content (AvgIpc) is 2.89. The largest absolute Gasteiger partial charge is 0.493 e. The topological polar surface area (TPSA) is 44.1 Å². The van der Waals surface area contributed by atoms with Crippen LogP contribution in [0, 0.1) is 0 Å². The maximum atomic E-state index is 12.5. The molecule has 2 rings (SSSR count). The molecule has 1 aromatic carbocycles. The summed E-state index contributed by atoms with van der Waals surface area (Å²) in [4.78, 5) is 13.7. The van der Waals surface area contributed by atoms with Crippen LogP contribution in [-0.4, -0.2) is 28.9 Å². The van der Waals surface area contributed by atoms with E-state index in [-0.39, 0.29) is 5.78 Å². The number of thioether (sulfide) groups is 1. The molecule has 0 unspecified atom stereocenters. The predicted octanol–water partition coefficient (Wildman–Crippen LogP) is 2.86. The van der Waals surface area contributed by atoms with Gasteiger partial charge in [-0.05, 0) is 37.4 Å². The van der Waals surface area contributed by atoms with E-state index in [9.17, 15) is 4.79 Å². The highest BCUT2D eigenvalue weighted by Crippen LogP contribution is 2.22. The van der Waals surface area contributed by atoms with Crippen molar-refractivity contribution in [3.63, 3.8) is 0 Å². The van der Waals surface area contributed by atoms with Gasteiger partial charge in [0, 0.05) is 17.0 Å². The standard InChI is InChI=1S/C14H16N2O2S/c1-4-16-13(12(18-2)9-15-16)14(17)10-5-7-11(19-3)8-6-10/h5-9H,4H2,1-3H3. The van der Waals surface area contributed by atoms with Crippen molar-refractivity contribution < 1.29 is 9.53 Å². The Bertz CT molecular complexity index is 554. The normalized spacial score (nSPS) is 10.5. The molecule has 0 amide bonds. The van der Waals surface area contributed by atoms with Crippen molar-refractivity contribution in [3.05, 3.63) is 41.7 Å². The van der Waals surface area contributed by atoms with Crippen molar-refractivity contribution in [1.29, 1.82) is 0 Å². The molecule has 2 aromatic rings. The molecule has 1 heterocycles. The minimum Gasteiger partial charge on any atom is -0.493 e. The van der Waals surface area contributed by atoms with Gasteiger partial charge in [0.1, 0.15) is 0 Å². The molecule has 0 N–H and O–H groups in total. The molecular formula is C14H16N2O2S. The third-order valence-electron chi connectivity index (χ3n) is 2.89. The lowest BCUT2D eigenvalue weighted by Crippen LogP contribution is -2.11. The average molecular weight is 276 g/mol. The van der Waals surface area contributed by atoms with Gasteiger partial charge < -0.3 is 4.74 Å². The molecule has 19 heavy (non-hydrogen) atoms. The first-order chi connectivity index (χ1) is 9.21. The zero-order valence-corrected chi connectivity index (χ0v) is 12.0. The molecule has 0 radical (unpaired) electrons. The van der Waals surface area contributed by atoms with Crippen molar-refractivity contribution in [2.75, 3.05) is 13.4 Å². The van der Waals surface area contributed by atoms with Gasteiger partial charge in [0.25, 0.3) is 0 Å². The predicted molar refractivity (Wildman–Crippen MR) is 76.1 cm³/mol. The number of carbonyl (C=O) groups is 1. The van der Waals surface area contributed by atoms with E-state index in [1.807, 2.05) is 37.4 Å². The SMILES string of the molecule is CCn1ncc(OC)c1C(=O)c1ccc(SC)cc1. The molecular weight excluding hydrogens is 260 g/mol. The van der Waals surface area contributed by atoms with Gasteiger partial charge in [0.2, 0.25) is 5.78 Å². The Labute approximate surface area is 116 Å². The van der Waals surface area contributed by atoms with Crippen LogP contribution in [-0.2, 0) is 6.54 Å². The molecule has 0 saturated carbocycles. The first-order valence-corrected chi connectivity index (χ1v) is 7.22. The summed E-state index contributed by atoms with van der Waals surface area (Å²) in [5, 5.41) is 4.15. The van der Waals surface area contributed by atoms with Gasteiger partial charge in [0.05, 0.1) is 13.3 Å². The van der Waals surface area contributed by atoms with Crippen molar-refractivity contribution in [2.24, 2.45) is 0 Å². The summed E-state index contributed by atoms with van der Waals surface area (Å²) in [6.45, 7) is 2.58. The Kier molecular flexibility index (Phi) is 4.27. The number of rotatable bonds is 5. The van der Waals surface area contributed by atoms with Crippen LogP contribution in [0.5, 0.6) is 5.75 Å². The second-order valence-electron chi connectivity index (χ2n) is 3.93. The van der Waals surface area contributed by atoms with Crippen LogP contribution in [0.2, 0.25) is 0 Å². The number of aryl methyl sites for hydroxylation is 1. The van der Waals surface area contributed by atoms with Crippen LogP contribution in [0.1, 0.15) is 23.0 Å². The van der Waals surface area contributed by atoms with Crippen LogP contribution in [0.3, 0.4) is 0 Å². The lowest BCUT2D eigenvalue weighted by Gasteiger charge is -2.07. The molecule has 0 saturated heterocycles. The Morgan fingerprint density at radius 1 is 1.37 bits per heavy atom. The van der Waals surface area contributed by atoms with Crippen molar-refractivity contribution >= 4 is 17.5 Å². The number of nitrogens with zero attached hydrogens (tertiary/aromatic N) is 2. The number of aromatic nitrogens is 2. The molecule has 0 aliphatic rings. The fourth-order valence-corrected chi connectivity index (χ4v) is 2.27. The molecule has 1 aromatic heterocycles. The molecule has 0 aliphatic carbocycles. The molecule has 0 fully saturated rings. The van der Waals surface area contributed by atoms with Gasteiger partial charge in [-0.3, -0.25) is 9.48 Å². The molecule has 100 valence electrons. The van der Waals surface area contributed by atoms with Crippen molar-refractivity contribution in [2.45, 2.75) is 18.4 Å². The number of ether oxygens (including phenoxy) is 1. The Balaban J connectivity index is 2.39. The summed E-state index contributed by atoms with van der Waals surface area (Å²) in [6, 6.07) is 7.55. The smallest absolute Gasteiger partial charge is 0.214 e. The Morgan fingerprint density at radius 2 is 2.05 bits per heavy atom. The maximum Gasteiger partial charge on any atom is 0.214 e. The number of carbonyl (C=O) groups excluding carboxylic acids is 1. The number of benzene rings is 1. The lowest BCUT2D eigenvalue weighted by molar-refractivity contribution is 0.102. The Morgan fingerprint density at radius 3 is 2.58 bits per heavy atom. The second-order valence-corrected chi connectivity index (χ2v) is 4.81. The first-order valence-electron chi connectivity index (χ1n) is 5.99. The minimum atomic E-state index is -0.0659. The van der Waals surface area contributed by atoms with Gasteiger partial charge in [-0.1, -0.05) is 0 Å². The minimum absolute atomic E-state index is 0.0659. The summed E-state index contributed by atoms with van der Waals surface area (Å²) >= 11 is 1.65. The van der Waals surface area contributed by atoms with E-state index in [1.54, 1.807) is 29.8 Å². The van der Waals surface area contributed by atoms with Gasteiger partial charge in [-0.15, -0.1) is 11.8 Å². The van der Waals surface area contributed by atoms with Gasteiger partial charge >= 0.3 is 0 Å². The summed E-state index contributed by atoms with van der Waals surface area (Å²) in [6.07, 6.45) is 3.58. The third kappa shape index (κ3) is 2.66. The number of methoxy groups -OCH3 is 1.